The monoisotopic (exact) mass is 344 g/mol. The maximum Gasteiger partial charge on any atom is 0.226 e. The van der Waals surface area contributed by atoms with E-state index in [-0.39, 0.29) is 11.9 Å². The van der Waals surface area contributed by atoms with Crippen molar-refractivity contribution < 1.29 is 9.53 Å². The van der Waals surface area contributed by atoms with Crippen LogP contribution < -0.4 is 10.5 Å². The van der Waals surface area contributed by atoms with Gasteiger partial charge >= 0.3 is 0 Å². The van der Waals surface area contributed by atoms with Crippen molar-refractivity contribution in [2.24, 2.45) is 11.7 Å². The third-order valence-corrected chi connectivity index (χ3v) is 4.55. The van der Waals surface area contributed by atoms with E-state index in [4.69, 9.17) is 33.7 Å². The zero-order valence-electron chi connectivity index (χ0n) is 12.7. The summed E-state index contributed by atoms with van der Waals surface area (Å²) in [4.78, 5) is 14.1. The summed E-state index contributed by atoms with van der Waals surface area (Å²) in [5.74, 6) is 1.05. The van der Waals surface area contributed by atoms with Gasteiger partial charge in [-0.2, -0.15) is 0 Å². The SMILES string of the molecule is C[C@H](N)[C@@H]1CCCN(C(=O)CCOc2ccc(Cl)cc2Cl)C1. The third-order valence-electron chi connectivity index (χ3n) is 4.02. The van der Waals surface area contributed by atoms with E-state index in [0.29, 0.717) is 34.7 Å². The Bertz CT molecular complexity index is 523. The molecule has 0 unspecified atom stereocenters. The lowest BCUT2D eigenvalue weighted by atomic mass is 9.92. The van der Waals surface area contributed by atoms with Crippen LogP contribution in [0.1, 0.15) is 26.2 Å². The molecule has 22 heavy (non-hydrogen) atoms. The minimum absolute atomic E-state index is 0.107. The van der Waals surface area contributed by atoms with Gasteiger partial charge in [0.05, 0.1) is 18.1 Å². The van der Waals surface area contributed by atoms with Gasteiger partial charge < -0.3 is 15.4 Å². The zero-order valence-corrected chi connectivity index (χ0v) is 14.2. The Hall–Kier alpha value is -0.970. The summed E-state index contributed by atoms with van der Waals surface area (Å²) in [6.45, 7) is 3.87. The van der Waals surface area contributed by atoms with Crippen LogP contribution in [0.4, 0.5) is 0 Å². The topological polar surface area (TPSA) is 55.6 Å². The van der Waals surface area contributed by atoms with E-state index >= 15 is 0 Å². The van der Waals surface area contributed by atoms with Crippen LogP contribution in [0.3, 0.4) is 0 Å². The molecule has 1 aliphatic rings. The molecule has 2 N–H and O–H groups in total. The highest BCUT2D eigenvalue weighted by Crippen LogP contribution is 2.27. The minimum Gasteiger partial charge on any atom is -0.491 e. The predicted octanol–water partition coefficient (Wildman–Crippen LogP) is 3.35. The molecule has 0 radical (unpaired) electrons. The summed E-state index contributed by atoms with van der Waals surface area (Å²) in [7, 11) is 0. The van der Waals surface area contributed by atoms with E-state index in [0.717, 1.165) is 25.9 Å². The average Bonchev–Trinajstić information content (AvgIpc) is 2.49. The first-order valence-corrected chi connectivity index (χ1v) is 8.34. The third kappa shape index (κ3) is 4.77. The Morgan fingerprint density at radius 1 is 1.50 bits per heavy atom. The molecule has 122 valence electrons. The van der Waals surface area contributed by atoms with Crippen LogP contribution in [-0.2, 0) is 4.79 Å². The largest absolute Gasteiger partial charge is 0.491 e. The van der Waals surface area contributed by atoms with Crippen molar-refractivity contribution in [2.75, 3.05) is 19.7 Å². The van der Waals surface area contributed by atoms with Crippen LogP contribution in [0.15, 0.2) is 18.2 Å². The minimum atomic E-state index is 0.107. The molecule has 1 saturated heterocycles. The Balaban J connectivity index is 1.80. The van der Waals surface area contributed by atoms with Crippen molar-refractivity contribution in [3.8, 4) is 5.75 Å². The molecule has 1 amide bonds. The Morgan fingerprint density at radius 2 is 2.27 bits per heavy atom. The Morgan fingerprint density at radius 3 is 2.95 bits per heavy atom. The van der Waals surface area contributed by atoms with Crippen molar-refractivity contribution in [3.05, 3.63) is 28.2 Å². The molecule has 6 heteroatoms. The number of hydrogen-bond donors (Lipinski definition) is 1. The van der Waals surface area contributed by atoms with Crippen LogP contribution in [-0.4, -0.2) is 36.5 Å². The van der Waals surface area contributed by atoms with Gasteiger partial charge in [0, 0.05) is 24.2 Å². The number of halogens is 2. The highest BCUT2D eigenvalue weighted by Gasteiger charge is 2.25. The molecule has 0 aromatic heterocycles. The van der Waals surface area contributed by atoms with Gasteiger partial charge in [0.1, 0.15) is 5.75 Å². The van der Waals surface area contributed by atoms with Gasteiger partial charge in [0.25, 0.3) is 0 Å². The summed E-state index contributed by atoms with van der Waals surface area (Å²) in [5.41, 5.74) is 5.95. The normalized spacial score (nSPS) is 19.8. The molecule has 1 aliphatic heterocycles. The van der Waals surface area contributed by atoms with E-state index < -0.39 is 0 Å². The zero-order chi connectivity index (χ0) is 16.1. The van der Waals surface area contributed by atoms with Crippen LogP contribution >= 0.6 is 23.2 Å². The highest BCUT2D eigenvalue weighted by molar-refractivity contribution is 6.35. The first-order valence-electron chi connectivity index (χ1n) is 7.58. The summed E-state index contributed by atoms with van der Waals surface area (Å²) >= 11 is 11.9. The second-order valence-corrected chi connectivity index (χ2v) is 6.62. The molecule has 1 fully saturated rings. The van der Waals surface area contributed by atoms with E-state index in [1.54, 1.807) is 18.2 Å². The van der Waals surface area contributed by atoms with Gasteiger partial charge in [0.2, 0.25) is 5.91 Å². The fourth-order valence-corrected chi connectivity index (χ4v) is 3.13. The molecular weight excluding hydrogens is 323 g/mol. The number of likely N-dealkylation sites (tertiary alicyclic amines) is 1. The predicted molar refractivity (Wildman–Crippen MR) is 89.5 cm³/mol. The van der Waals surface area contributed by atoms with Crippen molar-refractivity contribution in [1.82, 2.24) is 4.90 Å². The van der Waals surface area contributed by atoms with Crippen LogP contribution in [0.25, 0.3) is 0 Å². The van der Waals surface area contributed by atoms with Gasteiger partial charge in [-0.05, 0) is 43.9 Å². The number of carbonyl (C=O) groups is 1. The molecule has 2 atom stereocenters. The van der Waals surface area contributed by atoms with E-state index in [9.17, 15) is 4.79 Å². The first-order chi connectivity index (χ1) is 10.5. The molecule has 0 bridgehead atoms. The molecule has 1 aromatic carbocycles. The number of nitrogens with two attached hydrogens (primary N) is 1. The highest BCUT2D eigenvalue weighted by atomic mass is 35.5. The molecule has 2 rings (SSSR count). The smallest absolute Gasteiger partial charge is 0.226 e. The standard InChI is InChI=1S/C16H22Cl2N2O2/c1-11(19)12-3-2-7-20(10-12)16(21)6-8-22-15-5-4-13(17)9-14(15)18/h4-5,9,11-12H,2-3,6-8,10,19H2,1H3/t11-,12+/m0/s1. The number of piperidine rings is 1. The van der Waals surface area contributed by atoms with Gasteiger partial charge in [-0.1, -0.05) is 23.2 Å². The fraction of sp³-hybridized carbons (Fsp3) is 0.562. The van der Waals surface area contributed by atoms with E-state index in [2.05, 4.69) is 0 Å². The number of hydrogen-bond acceptors (Lipinski definition) is 3. The Kier molecular flexibility index (Phi) is 6.36. The second-order valence-electron chi connectivity index (χ2n) is 5.77. The Labute approximate surface area is 141 Å². The maximum atomic E-state index is 12.2. The number of nitrogens with zero attached hydrogens (tertiary/aromatic N) is 1. The van der Waals surface area contributed by atoms with E-state index in [1.165, 1.54) is 0 Å². The van der Waals surface area contributed by atoms with Crippen molar-refractivity contribution in [1.29, 1.82) is 0 Å². The molecule has 0 aliphatic carbocycles. The first kappa shape index (κ1) is 17.4. The average molecular weight is 345 g/mol. The van der Waals surface area contributed by atoms with Crippen LogP contribution in [0.5, 0.6) is 5.75 Å². The lowest BCUT2D eigenvalue weighted by Crippen LogP contribution is -2.45. The fourth-order valence-electron chi connectivity index (χ4n) is 2.66. The molecule has 1 heterocycles. The van der Waals surface area contributed by atoms with Crippen molar-refractivity contribution in [2.45, 2.75) is 32.2 Å². The lowest BCUT2D eigenvalue weighted by Gasteiger charge is -2.34. The number of carbonyl (C=O) groups excluding carboxylic acids is 1. The summed E-state index contributed by atoms with van der Waals surface area (Å²) in [6, 6.07) is 5.17. The molecular formula is C16H22Cl2N2O2. The second kappa shape index (κ2) is 8.04. The van der Waals surface area contributed by atoms with Gasteiger partial charge in [-0.15, -0.1) is 0 Å². The van der Waals surface area contributed by atoms with Crippen LogP contribution in [0.2, 0.25) is 10.0 Å². The number of ether oxygens (including phenoxy) is 1. The molecule has 1 aromatic rings. The lowest BCUT2D eigenvalue weighted by molar-refractivity contribution is -0.133. The van der Waals surface area contributed by atoms with Crippen molar-refractivity contribution in [3.63, 3.8) is 0 Å². The summed E-state index contributed by atoms with van der Waals surface area (Å²) < 4.78 is 5.56. The number of rotatable bonds is 5. The number of amides is 1. The van der Waals surface area contributed by atoms with Gasteiger partial charge in [-0.3, -0.25) is 4.79 Å². The van der Waals surface area contributed by atoms with Gasteiger partial charge in [0.15, 0.2) is 0 Å². The quantitative estimate of drug-likeness (QED) is 0.890. The molecule has 0 spiro atoms. The molecule has 0 saturated carbocycles. The maximum absolute atomic E-state index is 12.2. The van der Waals surface area contributed by atoms with Gasteiger partial charge in [-0.25, -0.2) is 0 Å². The number of benzene rings is 1. The summed E-state index contributed by atoms with van der Waals surface area (Å²) in [6.07, 6.45) is 2.45. The van der Waals surface area contributed by atoms with E-state index in [1.807, 2.05) is 11.8 Å². The van der Waals surface area contributed by atoms with Crippen LogP contribution in [0, 0.1) is 5.92 Å². The van der Waals surface area contributed by atoms with Crippen molar-refractivity contribution >= 4 is 29.1 Å². The molecule has 4 nitrogen and oxygen atoms in total. The summed E-state index contributed by atoms with van der Waals surface area (Å²) in [5, 5.41) is 1.01.